The highest BCUT2D eigenvalue weighted by Crippen LogP contribution is 2.12. The van der Waals surface area contributed by atoms with Gasteiger partial charge in [-0.15, -0.1) is 12.3 Å². The Morgan fingerprint density at radius 1 is 1.40 bits per heavy atom. The van der Waals surface area contributed by atoms with E-state index in [4.69, 9.17) is 11.5 Å². The lowest BCUT2D eigenvalue weighted by atomic mass is 9.94. The molecule has 0 spiro atoms. The van der Waals surface area contributed by atoms with Crippen molar-refractivity contribution in [3.63, 3.8) is 0 Å². The molecule has 0 unspecified atom stereocenters. The van der Waals surface area contributed by atoms with Gasteiger partial charge in [0.05, 0.1) is 5.41 Å². The first-order valence-electron chi connectivity index (χ1n) is 4.58. The molecule has 84 valence electrons. The molecule has 0 saturated carbocycles. The maximum absolute atomic E-state index is 11.1. The highest BCUT2D eigenvalue weighted by molar-refractivity contribution is 5.77. The zero-order valence-corrected chi connectivity index (χ0v) is 8.96. The van der Waals surface area contributed by atoms with E-state index < -0.39 is 17.4 Å². The minimum atomic E-state index is -0.969. The van der Waals surface area contributed by atoms with E-state index >= 15 is 0 Å². The monoisotopic (exact) mass is 212 g/mol. The topological polar surface area (TPSA) is 78.4 Å². The third kappa shape index (κ3) is 5.57. The summed E-state index contributed by atoms with van der Waals surface area (Å²) in [5.41, 5.74) is -0.969. The van der Waals surface area contributed by atoms with Gasteiger partial charge in [-0.1, -0.05) is 0 Å². The molecule has 0 aliphatic heterocycles. The van der Waals surface area contributed by atoms with Crippen LogP contribution in [0.5, 0.6) is 0 Å². The van der Waals surface area contributed by atoms with Crippen LogP contribution >= 0.6 is 0 Å². The van der Waals surface area contributed by atoms with Crippen molar-refractivity contribution in [2.75, 3.05) is 13.1 Å². The predicted molar refractivity (Wildman–Crippen MR) is 56.3 cm³/mol. The van der Waals surface area contributed by atoms with Crippen LogP contribution in [0.1, 0.15) is 20.3 Å². The van der Waals surface area contributed by atoms with E-state index in [1.54, 1.807) is 0 Å². The number of carbonyl (C=O) groups is 2. The number of amides is 2. The Balaban J connectivity index is 3.81. The van der Waals surface area contributed by atoms with E-state index in [2.05, 4.69) is 16.6 Å². The second-order valence-electron chi connectivity index (χ2n) is 3.75. The van der Waals surface area contributed by atoms with Crippen LogP contribution in [0.3, 0.4) is 0 Å². The molecule has 2 amide bonds. The second kappa shape index (κ2) is 5.91. The van der Waals surface area contributed by atoms with Gasteiger partial charge in [0.1, 0.15) is 0 Å². The highest BCUT2D eigenvalue weighted by atomic mass is 16.4. The van der Waals surface area contributed by atoms with Crippen molar-refractivity contribution in [3.05, 3.63) is 0 Å². The van der Waals surface area contributed by atoms with Crippen molar-refractivity contribution in [2.24, 2.45) is 5.41 Å². The highest BCUT2D eigenvalue weighted by Gasteiger charge is 2.27. The van der Waals surface area contributed by atoms with Gasteiger partial charge in [-0.2, -0.15) is 0 Å². The summed E-state index contributed by atoms with van der Waals surface area (Å²) in [5, 5.41) is 13.7. The molecule has 0 aliphatic rings. The minimum Gasteiger partial charge on any atom is -0.481 e. The first kappa shape index (κ1) is 13.3. The zero-order chi connectivity index (χ0) is 11.9. The summed E-state index contributed by atoms with van der Waals surface area (Å²) in [5.74, 6) is 1.42. The largest absolute Gasteiger partial charge is 0.481 e. The molecule has 3 N–H and O–H groups in total. The van der Waals surface area contributed by atoms with Gasteiger partial charge in [0.15, 0.2) is 0 Å². The first-order chi connectivity index (χ1) is 6.90. The molecule has 5 nitrogen and oxygen atoms in total. The Bertz CT molecular complexity index is 279. The molecular formula is C10H16N2O3. The fourth-order valence-electron chi connectivity index (χ4n) is 0.688. The van der Waals surface area contributed by atoms with Gasteiger partial charge in [-0.05, 0) is 13.8 Å². The van der Waals surface area contributed by atoms with E-state index in [1.165, 1.54) is 13.8 Å². The van der Waals surface area contributed by atoms with Crippen molar-refractivity contribution in [1.82, 2.24) is 10.6 Å². The Kier molecular flexibility index (Phi) is 5.24. The average molecular weight is 212 g/mol. The molecule has 0 radical (unpaired) electrons. The van der Waals surface area contributed by atoms with Crippen molar-refractivity contribution in [2.45, 2.75) is 20.3 Å². The predicted octanol–water partition coefficient (Wildman–Crippen LogP) is 0.420. The van der Waals surface area contributed by atoms with Gasteiger partial charge in [-0.3, -0.25) is 4.79 Å². The number of carboxylic acid groups (broad SMARTS) is 1. The Morgan fingerprint density at radius 2 is 2.00 bits per heavy atom. The summed E-state index contributed by atoms with van der Waals surface area (Å²) < 4.78 is 0. The van der Waals surface area contributed by atoms with Crippen LogP contribution < -0.4 is 10.6 Å². The molecule has 0 aliphatic carbocycles. The van der Waals surface area contributed by atoms with Crippen molar-refractivity contribution < 1.29 is 14.7 Å². The lowest BCUT2D eigenvalue weighted by Crippen LogP contribution is -2.43. The number of carboxylic acids is 1. The second-order valence-corrected chi connectivity index (χ2v) is 3.75. The SMILES string of the molecule is C#CCCNC(=O)NCC(C)(C)C(=O)O. The molecule has 0 aromatic rings. The van der Waals surface area contributed by atoms with E-state index in [1.807, 2.05) is 0 Å². The molecule has 0 bridgehead atoms. The maximum atomic E-state index is 11.1. The molecule has 0 fully saturated rings. The summed E-state index contributed by atoms with van der Waals surface area (Å²) in [6.45, 7) is 3.54. The van der Waals surface area contributed by atoms with Crippen LogP contribution in [0, 0.1) is 17.8 Å². The molecule has 15 heavy (non-hydrogen) atoms. The molecule has 0 aromatic heterocycles. The normalized spacial score (nSPS) is 10.2. The Labute approximate surface area is 89.2 Å². The number of nitrogens with one attached hydrogen (secondary N) is 2. The third-order valence-corrected chi connectivity index (χ3v) is 1.82. The molecule has 0 saturated heterocycles. The summed E-state index contributed by atoms with van der Waals surface area (Å²) in [7, 11) is 0. The lowest BCUT2D eigenvalue weighted by molar-refractivity contribution is -0.146. The third-order valence-electron chi connectivity index (χ3n) is 1.82. The number of carbonyl (C=O) groups excluding carboxylic acids is 1. The number of hydrogen-bond acceptors (Lipinski definition) is 2. The van der Waals surface area contributed by atoms with Gasteiger partial charge in [0, 0.05) is 19.5 Å². The van der Waals surface area contributed by atoms with Crippen molar-refractivity contribution >= 4 is 12.0 Å². The quantitative estimate of drug-likeness (QED) is 0.456. The number of hydrogen-bond donors (Lipinski definition) is 3. The van der Waals surface area contributed by atoms with Crippen LogP contribution in [0.4, 0.5) is 4.79 Å². The van der Waals surface area contributed by atoms with Crippen LogP contribution in [-0.4, -0.2) is 30.2 Å². The number of terminal acetylenes is 1. The summed E-state index contributed by atoms with van der Waals surface area (Å²) >= 11 is 0. The van der Waals surface area contributed by atoms with E-state index in [0.29, 0.717) is 13.0 Å². The number of aliphatic carboxylic acids is 1. The Hall–Kier alpha value is -1.70. The zero-order valence-electron chi connectivity index (χ0n) is 8.96. The standard InChI is InChI=1S/C10H16N2O3/c1-4-5-6-11-9(15)12-7-10(2,3)8(13)14/h1H,5-7H2,2-3H3,(H,13,14)(H2,11,12,15). The molecule has 5 heteroatoms. The molecule has 0 heterocycles. The smallest absolute Gasteiger partial charge is 0.314 e. The van der Waals surface area contributed by atoms with Gasteiger partial charge in [-0.25, -0.2) is 4.79 Å². The van der Waals surface area contributed by atoms with Crippen molar-refractivity contribution in [3.8, 4) is 12.3 Å². The van der Waals surface area contributed by atoms with Gasteiger partial charge in [0.25, 0.3) is 0 Å². The molecular weight excluding hydrogens is 196 g/mol. The summed E-state index contributed by atoms with van der Waals surface area (Å²) in [6, 6.07) is -0.403. The van der Waals surface area contributed by atoms with E-state index in [9.17, 15) is 9.59 Å². The number of rotatable bonds is 5. The lowest BCUT2D eigenvalue weighted by Gasteiger charge is -2.19. The van der Waals surface area contributed by atoms with Crippen LogP contribution in [-0.2, 0) is 4.79 Å². The van der Waals surface area contributed by atoms with Gasteiger partial charge in [0.2, 0.25) is 0 Å². The molecule has 0 aromatic carbocycles. The summed E-state index contributed by atoms with van der Waals surface area (Å²) in [4.78, 5) is 21.8. The maximum Gasteiger partial charge on any atom is 0.314 e. The van der Waals surface area contributed by atoms with Crippen LogP contribution in [0.15, 0.2) is 0 Å². The fourth-order valence-corrected chi connectivity index (χ4v) is 0.688. The first-order valence-corrected chi connectivity index (χ1v) is 4.58. The van der Waals surface area contributed by atoms with Gasteiger partial charge < -0.3 is 15.7 Å². The van der Waals surface area contributed by atoms with Gasteiger partial charge >= 0.3 is 12.0 Å². The number of urea groups is 1. The Morgan fingerprint density at radius 3 is 2.47 bits per heavy atom. The fraction of sp³-hybridized carbons (Fsp3) is 0.600. The van der Waals surface area contributed by atoms with E-state index in [0.717, 1.165) is 0 Å². The average Bonchev–Trinajstić information content (AvgIpc) is 2.15. The molecule has 0 rings (SSSR count). The van der Waals surface area contributed by atoms with Crippen LogP contribution in [0.2, 0.25) is 0 Å². The van der Waals surface area contributed by atoms with E-state index in [-0.39, 0.29) is 6.54 Å². The minimum absolute atomic E-state index is 0.0736. The van der Waals surface area contributed by atoms with Crippen LogP contribution in [0.25, 0.3) is 0 Å². The molecule has 0 atom stereocenters. The summed E-state index contributed by atoms with van der Waals surface area (Å²) in [6.07, 6.45) is 5.45. The van der Waals surface area contributed by atoms with Crippen molar-refractivity contribution in [1.29, 1.82) is 0 Å².